The molecule has 26 heavy (non-hydrogen) atoms. The van der Waals surface area contributed by atoms with Crippen LogP contribution < -0.4 is 10.6 Å². The number of rotatable bonds is 5. The molecule has 140 valence electrons. The Hall–Kier alpha value is -1.91. The largest absolute Gasteiger partial charge is 0.382 e. The number of aromatic nitrogens is 2. The van der Waals surface area contributed by atoms with Crippen molar-refractivity contribution in [3.8, 4) is 6.07 Å². The smallest absolute Gasteiger partial charge is 0.152 e. The second-order valence-corrected chi connectivity index (χ2v) is 8.31. The Labute approximate surface area is 155 Å². The van der Waals surface area contributed by atoms with E-state index in [0.717, 1.165) is 38.5 Å². The molecule has 3 aliphatic rings. The summed E-state index contributed by atoms with van der Waals surface area (Å²) in [6, 6.07) is 2.63. The number of likely N-dealkylation sites (N-methyl/N-ethyl adjacent to an activating group) is 1. The number of anilines is 2. The Morgan fingerprint density at radius 3 is 2.65 bits per heavy atom. The first kappa shape index (κ1) is 17.5. The van der Waals surface area contributed by atoms with Crippen molar-refractivity contribution in [3.05, 3.63) is 11.9 Å². The quantitative estimate of drug-likeness (QED) is 0.855. The van der Waals surface area contributed by atoms with E-state index in [1.807, 2.05) is 0 Å². The van der Waals surface area contributed by atoms with Crippen LogP contribution in [0, 0.1) is 29.1 Å². The van der Waals surface area contributed by atoms with Crippen LogP contribution in [0.2, 0.25) is 0 Å². The maximum Gasteiger partial charge on any atom is 0.152 e. The number of hydrogen-bond donors (Lipinski definition) is 1. The van der Waals surface area contributed by atoms with Crippen molar-refractivity contribution in [2.45, 2.75) is 37.8 Å². The number of fused-ring (bicyclic) bond motifs is 1. The van der Waals surface area contributed by atoms with Gasteiger partial charge in [-0.25, -0.2) is 9.97 Å². The van der Waals surface area contributed by atoms with Crippen molar-refractivity contribution >= 4 is 11.6 Å². The van der Waals surface area contributed by atoms with Crippen LogP contribution in [0.1, 0.15) is 31.2 Å². The zero-order valence-electron chi connectivity index (χ0n) is 15.6. The first-order valence-corrected chi connectivity index (χ1v) is 9.60. The molecule has 2 N–H and O–H groups in total. The number of ether oxygens (including phenoxy) is 1. The summed E-state index contributed by atoms with van der Waals surface area (Å²) in [5.41, 5.74) is 6.28. The van der Waals surface area contributed by atoms with E-state index in [4.69, 9.17) is 10.5 Å². The molecule has 0 aromatic carbocycles. The zero-order chi connectivity index (χ0) is 18.3. The normalized spacial score (nSPS) is 31.1. The first-order valence-electron chi connectivity index (χ1n) is 9.60. The lowest BCUT2D eigenvalue weighted by atomic mass is 9.77. The minimum atomic E-state index is 0.268. The Morgan fingerprint density at radius 2 is 2.00 bits per heavy atom. The molecule has 2 heterocycles. The van der Waals surface area contributed by atoms with Crippen LogP contribution in [-0.4, -0.2) is 60.8 Å². The fourth-order valence-electron chi connectivity index (χ4n) is 4.57. The van der Waals surface area contributed by atoms with Gasteiger partial charge in [0.05, 0.1) is 6.10 Å². The lowest BCUT2D eigenvalue weighted by molar-refractivity contribution is -0.0493. The van der Waals surface area contributed by atoms with Gasteiger partial charge in [0.15, 0.2) is 5.82 Å². The Morgan fingerprint density at radius 1 is 1.27 bits per heavy atom. The Kier molecular flexibility index (Phi) is 4.72. The van der Waals surface area contributed by atoms with Gasteiger partial charge in [-0.05, 0) is 57.5 Å². The van der Waals surface area contributed by atoms with Crippen LogP contribution in [0.4, 0.5) is 11.6 Å². The molecule has 3 fully saturated rings. The van der Waals surface area contributed by atoms with E-state index in [1.165, 1.54) is 19.2 Å². The fraction of sp³-hybridized carbons (Fsp3) is 0.737. The summed E-state index contributed by atoms with van der Waals surface area (Å²) in [5, 5.41) is 9.44. The molecule has 7 heteroatoms. The van der Waals surface area contributed by atoms with Crippen LogP contribution in [0.25, 0.3) is 0 Å². The van der Waals surface area contributed by atoms with Crippen molar-refractivity contribution in [1.82, 2.24) is 14.9 Å². The van der Waals surface area contributed by atoms with E-state index in [0.29, 0.717) is 35.4 Å². The molecular formula is C19H28N6O. The molecule has 7 nitrogen and oxygen atoms in total. The molecule has 0 spiro atoms. The summed E-state index contributed by atoms with van der Waals surface area (Å²) in [6.45, 7) is 2.76. The van der Waals surface area contributed by atoms with E-state index in [-0.39, 0.29) is 5.82 Å². The molecular weight excluding hydrogens is 328 g/mol. The van der Waals surface area contributed by atoms with Gasteiger partial charge in [0, 0.05) is 25.7 Å². The predicted octanol–water partition coefficient (Wildman–Crippen LogP) is 1.50. The molecule has 1 saturated heterocycles. The summed E-state index contributed by atoms with van der Waals surface area (Å²) >= 11 is 0. The third-order valence-electron chi connectivity index (χ3n) is 6.26. The Bertz CT molecular complexity index is 698. The van der Waals surface area contributed by atoms with Gasteiger partial charge in [-0.1, -0.05) is 0 Å². The highest BCUT2D eigenvalue weighted by Crippen LogP contribution is 2.41. The van der Waals surface area contributed by atoms with Crippen molar-refractivity contribution in [2.24, 2.45) is 17.8 Å². The number of hydrogen-bond acceptors (Lipinski definition) is 7. The van der Waals surface area contributed by atoms with E-state index < -0.39 is 0 Å². The standard InChI is InChI=1S/C19H28N6O/c1-24(2)16-5-13-8-25(19-15(7-20)18(21)22-11-23-19)9-14(13)6-17(16)26-10-12-3-4-12/h11-14,16-17H,3-6,8-10H2,1-2H3,(H2,21,22,23)/t13-,14+,16-,17-/m1/s1. The number of nitriles is 1. The third kappa shape index (κ3) is 3.36. The molecule has 0 bridgehead atoms. The van der Waals surface area contributed by atoms with E-state index >= 15 is 0 Å². The lowest BCUT2D eigenvalue weighted by Crippen LogP contribution is -2.48. The van der Waals surface area contributed by atoms with Crippen LogP contribution in [0.5, 0.6) is 0 Å². The molecule has 0 unspecified atom stereocenters. The number of nitrogen functional groups attached to an aromatic ring is 1. The van der Waals surface area contributed by atoms with Crippen molar-refractivity contribution < 1.29 is 4.74 Å². The van der Waals surface area contributed by atoms with Gasteiger partial charge in [-0.15, -0.1) is 0 Å². The summed E-state index contributed by atoms with van der Waals surface area (Å²) in [4.78, 5) is 12.9. The topological polar surface area (TPSA) is 91.3 Å². The van der Waals surface area contributed by atoms with Gasteiger partial charge < -0.3 is 20.3 Å². The van der Waals surface area contributed by atoms with Gasteiger partial charge >= 0.3 is 0 Å². The Balaban J connectivity index is 1.49. The molecule has 2 saturated carbocycles. The van der Waals surface area contributed by atoms with Gasteiger partial charge in [0.2, 0.25) is 0 Å². The van der Waals surface area contributed by atoms with Gasteiger partial charge in [-0.3, -0.25) is 0 Å². The van der Waals surface area contributed by atoms with Gasteiger partial charge in [0.1, 0.15) is 23.8 Å². The maximum atomic E-state index is 9.44. The summed E-state index contributed by atoms with van der Waals surface area (Å²) in [6.07, 6.45) is 6.62. The highest BCUT2D eigenvalue weighted by Gasteiger charge is 2.44. The van der Waals surface area contributed by atoms with Crippen LogP contribution >= 0.6 is 0 Å². The molecule has 1 aromatic rings. The second kappa shape index (κ2) is 7.01. The molecule has 1 aromatic heterocycles. The minimum absolute atomic E-state index is 0.268. The predicted molar refractivity (Wildman–Crippen MR) is 99.5 cm³/mol. The second-order valence-electron chi connectivity index (χ2n) is 8.31. The number of nitrogens with zero attached hydrogens (tertiary/aromatic N) is 5. The zero-order valence-corrected chi connectivity index (χ0v) is 15.6. The van der Waals surface area contributed by atoms with Crippen LogP contribution in [0.3, 0.4) is 0 Å². The molecule has 4 atom stereocenters. The SMILES string of the molecule is CN(C)[C@@H]1C[C@@H]2CN(c3ncnc(N)c3C#N)C[C@@H]2C[C@H]1OCC1CC1. The van der Waals surface area contributed by atoms with Crippen molar-refractivity contribution in [3.63, 3.8) is 0 Å². The molecule has 4 rings (SSSR count). The van der Waals surface area contributed by atoms with E-state index in [9.17, 15) is 5.26 Å². The number of nitrogens with two attached hydrogens (primary N) is 1. The van der Waals surface area contributed by atoms with E-state index in [2.05, 4.69) is 39.9 Å². The molecule has 2 aliphatic carbocycles. The minimum Gasteiger partial charge on any atom is -0.382 e. The summed E-state index contributed by atoms with van der Waals surface area (Å²) < 4.78 is 6.34. The maximum absolute atomic E-state index is 9.44. The molecule has 0 amide bonds. The summed E-state index contributed by atoms with van der Waals surface area (Å²) in [5.74, 6) is 2.93. The fourth-order valence-corrected chi connectivity index (χ4v) is 4.57. The lowest BCUT2D eigenvalue weighted by Gasteiger charge is -2.41. The monoisotopic (exact) mass is 356 g/mol. The molecule has 1 aliphatic heterocycles. The van der Waals surface area contributed by atoms with Crippen LogP contribution in [0.15, 0.2) is 6.33 Å². The highest BCUT2D eigenvalue weighted by molar-refractivity contribution is 5.63. The van der Waals surface area contributed by atoms with E-state index in [1.54, 1.807) is 0 Å². The summed E-state index contributed by atoms with van der Waals surface area (Å²) in [7, 11) is 4.31. The molecule has 0 radical (unpaired) electrons. The van der Waals surface area contributed by atoms with Crippen LogP contribution in [-0.2, 0) is 4.74 Å². The average molecular weight is 356 g/mol. The highest BCUT2D eigenvalue weighted by atomic mass is 16.5. The van der Waals surface area contributed by atoms with Gasteiger partial charge in [-0.2, -0.15) is 5.26 Å². The third-order valence-corrected chi connectivity index (χ3v) is 6.26. The van der Waals surface area contributed by atoms with Crippen molar-refractivity contribution in [1.29, 1.82) is 5.26 Å². The average Bonchev–Trinajstić information content (AvgIpc) is 3.36. The first-order chi connectivity index (χ1) is 12.6. The van der Waals surface area contributed by atoms with Crippen molar-refractivity contribution in [2.75, 3.05) is 44.4 Å². The van der Waals surface area contributed by atoms with Gasteiger partial charge in [0.25, 0.3) is 0 Å².